The lowest BCUT2D eigenvalue weighted by Crippen LogP contribution is -2.45. The third-order valence-electron chi connectivity index (χ3n) is 7.41. The first-order valence-corrected chi connectivity index (χ1v) is 16.2. The van der Waals surface area contributed by atoms with Crippen LogP contribution in [-0.4, -0.2) is 74.8 Å². The summed E-state index contributed by atoms with van der Waals surface area (Å²) in [5.74, 6) is 7.59. The Labute approximate surface area is 284 Å². The standard InChI is InChI=1S/C32H43N7O4.C4H10O/c1-6-16-42-26-11-9-10-24(18-26)28(33)22-38(34)21-25-19-29-35-23(4)27(20-30(40)41-8-3)31(39(29)36-25)37-14-12-32(5,13-15-37)43-17-7-2;1-4(2,3)5/h6-7,9-11,18-19,22H,1-2,8,12-17,20-21,33-34H2,3-5H3;5H,1-3H3/b28-22-;. The van der Waals surface area contributed by atoms with Crippen molar-refractivity contribution in [3.05, 3.63) is 84.4 Å². The number of carbonyl (C=O) groups excluding carboxylic acids is 1. The third-order valence-corrected chi connectivity index (χ3v) is 7.41. The van der Waals surface area contributed by atoms with E-state index in [4.69, 9.17) is 41.0 Å². The first-order chi connectivity index (χ1) is 22.7. The summed E-state index contributed by atoms with van der Waals surface area (Å²) in [4.78, 5) is 19.7. The average Bonchev–Trinajstić information content (AvgIpc) is 3.40. The van der Waals surface area contributed by atoms with Crippen molar-refractivity contribution in [2.75, 3.05) is 37.8 Å². The van der Waals surface area contributed by atoms with Gasteiger partial charge in [0.05, 0.1) is 48.8 Å². The fourth-order valence-corrected chi connectivity index (χ4v) is 5.15. The molecular formula is C36H53N7O5. The SMILES string of the molecule is C=CCOc1cccc(/C(N)=C/N(N)Cc2cc3nc(C)c(CC(=O)OCC)c(N4CCC(C)(OCC=C)CC4)n3n2)c1.CC(C)(C)O. The van der Waals surface area contributed by atoms with Crippen LogP contribution in [0.2, 0.25) is 0 Å². The summed E-state index contributed by atoms with van der Waals surface area (Å²) in [5.41, 5.74) is 9.81. The van der Waals surface area contributed by atoms with Crippen LogP contribution < -0.4 is 21.2 Å². The Kier molecular flexibility index (Phi) is 13.6. The number of carbonyl (C=O) groups is 1. The molecule has 12 heteroatoms. The van der Waals surface area contributed by atoms with Crippen molar-refractivity contribution in [2.45, 2.75) is 78.6 Å². The molecule has 0 radical (unpaired) electrons. The summed E-state index contributed by atoms with van der Waals surface area (Å²) in [6.07, 6.45) is 6.86. The molecule has 4 rings (SSSR count). The molecular weight excluding hydrogens is 610 g/mol. The Morgan fingerprint density at radius 1 is 1.17 bits per heavy atom. The van der Waals surface area contributed by atoms with E-state index in [1.807, 2.05) is 41.8 Å². The molecule has 0 saturated carbocycles. The topological polar surface area (TPSA) is 154 Å². The number of aryl methyl sites for hydroxylation is 1. The number of nitrogens with zero attached hydrogens (tertiary/aromatic N) is 5. The Balaban J connectivity index is 0.00000116. The molecule has 0 aliphatic carbocycles. The molecule has 1 aromatic carbocycles. The third kappa shape index (κ3) is 11.4. The maximum absolute atomic E-state index is 12.6. The summed E-state index contributed by atoms with van der Waals surface area (Å²) in [7, 11) is 0. The van der Waals surface area contributed by atoms with Gasteiger partial charge in [-0.3, -0.25) is 4.79 Å². The Hall–Kier alpha value is -4.39. The minimum absolute atomic E-state index is 0.103. The number of esters is 1. The van der Waals surface area contributed by atoms with Crippen LogP contribution in [0, 0.1) is 6.92 Å². The number of benzene rings is 1. The van der Waals surface area contributed by atoms with Gasteiger partial charge in [-0.05, 0) is 66.5 Å². The lowest BCUT2D eigenvalue weighted by atomic mass is 9.93. The molecule has 0 unspecified atom stereocenters. The van der Waals surface area contributed by atoms with Crippen molar-refractivity contribution < 1.29 is 24.1 Å². The van der Waals surface area contributed by atoms with Crippen LogP contribution >= 0.6 is 0 Å². The highest BCUT2D eigenvalue weighted by Gasteiger charge is 2.33. The van der Waals surface area contributed by atoms with E-state index >= 15 is 0 Å². The Bertz CT molecular complexity index is 1560. The van der Waals surface area contributed by atoms with E-state index < -0.39 is 5.60 Å². The fourth-order valence-electron chi connectivity index (χ4n) is 5.15. The van der Waals surface area contributed by atoms with Gasteiger partial charge >= 0.3 is 5.97 Å². The van der Waals surface area contributed by atoms with Crippen LogP contribution in [0.25, 0.3) is 11.3 Å². The minimum atomic E-state index is -0.500. The van der Waals surface area contributed by atoms with E-state index in [-0.39, 0.29) is 24.5 Å². The van der Waals surface area contributed by atoms with Gasteiger partial charge in [-0.1, -0.05) is 30.9 Å². The number of hydrogen-bond acceptors (Lipinski definition) is 11. The minimum Gasteiger partial charge on any atom is -0.490 e. The van der Waals surface area contributed by atoms with E-state index in [1.54, 1.807) is 46.0 Å². The number of aromatic nitrogens is 3. The number of piperidine rings is 1. The summed E-state index contributed by atoms with van der Waals surface area (Å²) in [5, 5.41) is 14.9. The lowest BCUT2D eigenvalue weighted by molar-refractivity contribution is -0.142. The van der Waals surface area contributed by atoms with Crippen molar-refractivity contribution in [3.8, 4) is 5.75 Å². The lowest BCUT2D eigenvalue weighted by Gasteiger charge is -2.40. The predicted molar refractivity (Wildman–Crippen MR) is 190 cm³/mol. The van der Waals surface area contributed by atoms with Gasteiger partial charge in [0.1, 0.15) is 18.2 Å². The summed E-state index contributed by atoms with van der Waals surface area (Å²) in [6.45, 7) is 21.5. The predicted octanol–water partition coefficient (Wildman–Crippen LogP) is 4.68. The normalized spacial score (nSPS) is 14.6. The average molecular weight is 664 g/mol. The first kappa shape index (κ1) is 38.1. The zero-order chi connectivity index (χ0) is 35.5. The van der Waals surface area contributed by atoms with Gasteiger partial charge in [0.25, 0.3) is 0 Å². The van der Waals surface area contributed by atoms with Crippen molar-refractivity contribution in [2.24, 2.45) is 11.6 Å². The van der Waals surface area contributed by atoms with E-state index in [2.05, 4.69) is 25.0 Å². The maximum Gasteiger partial charge on any atom is 0.310 e. The Morgan fingerprint density at radius 3 is 2.46 bits per heavy atom. The number of hydrogen-bond donors (Lipinski definition) is 3. The van der Waals surface area contributed by atoms with Gasteiger partial charge in [0, 0.05) is 42.2 Å². The monoisotopic (exact) mass is 663 g/mol. The molecule has 1 saturated heterocycles. The summed E-state index contributed by atoms with van der Waals surface area (Å²) >= 11 is 0. The molecule has 3 heterocycles. The number of rotatable bonds is 14. The fraction of sp³-hybridized carbons (Fsp3) is 0.472. The summed E-state index contributed by atoms with van der Waals surface area (Å²) < 4.78 is 18.8. The molecule has 0 atom stereocenters. The van der Waals surface area contributed by atoms with E-state index in [0.29, 0.717) is 42.6 Å². The highest BCUT2D eigenvalue weighted by molar-refractivity contribution is 5.76. The molecule has 12 nitrogen and oxygen atoms in total. The highest BCUT2D eigenvalue weighted by Crippen LogP contribution is 2.33. The van der Waals surface area contributed by atoms with E-state index in [0.717, 1.165) is 48.6 Å². The van der Waals surface area contributed by atoms with Crippen LogP contribution in [0.4, 0.5) is 5.82 Å². The molecule has 48 heavy (non-hydrogen) atoms. The van der Waals surface area contributed by atoms with E-state index in [9.17, 15) is 4.79 Å². The second kappa shape index (κ2) is 17.1. The second-order valence-corrected chi connectivity index (χ2v) is 13.0. The molecule has 1 aliphatic rings. The van der Waals surface area contributed by atoms with Crippen LogP contribution in [0.3, 0.4) is 0 Å². The molecule has 1 aliphatic heterocycles. The molecule has 0 spiro atoms. The van der Waals surface area contributed by atoms with E-state index in [1.165, 1.54) is 5.01 Å². The Morgan fingerprint density at radius 2 is 1.83 bits per heavy atom. The first-order valence-electron chi connectivity index (χ1n) is 16.2. The van der Waals surface area contributed by atoms with Crippen LogP contribution in [0.1, 0.15) is 70.0 Å². The smallest absolute Gasteiger partial charge is 0.310 e. The van der Waals surface area contributed by atoms with Gasteiger partial charge in [-0.2, -0.15) is 9.61 Å². The molecule has 262 valence electrons. The zero-order valence-electron chi connectivity index (χ0n) is 29.4. The molecule has 0 amide bonds. The molecule has 3 aromatic rings. The van der Waals surface area contributed by atoms with Crippen molar-refractivity contribution >= 4 is 23.1 Å². The number of nitrogens with two attached hydrogens (primary N) is 2. The summed E-state index contributed by atoms with van der Waals surface area (Å²) in [6, 6.07) is 9.37. The van der Waals surface area contributed by atoms with Crippen LogP contribution in [0.5, 0.6) is 5.75 Å². The molecule has 2 aromatic heterocycles. The van der Waals surface area contributed by atoms with Gasteiger partial charge in [-0.15, -0.1) is 6.58 Å². The van der Waals surface area contributed by atoms with Crippen LogP contribution in [0.15, 0.2) is 61.8 Å². The quantitative estimate of drug-likeness (QED) is 0.0954. The zero-order valence-corrected chi connectivity index (χ0v) is 29.4. The number of hydrazine groups is 1. The number of anilines is 1. The number of fused-ring (bicyclic) bond motifs is 1. The van der Waals surface area contributed by atoms with Gasteiger partial charge < -0.3 is 35.0 Å². The van der Waals surface area contributed by atoms with Gasteiger partial charge in [0.15, 0.2) is 5.65 Å². The molecule has 0 bridgehead atoms. The van der Waals surface area contributed by atoms with Gasteiger partial charge in [-0.25, -0.2) is 10.8 Å². The highest BCUT2D eigenvalue weighted by atomic mass is 16.5. The number of aliphatic hydroxyl groups is 1. The maximum atomic E-state index is 12.6. The van der Waals surface area contributed by atoms with Crippen molar-refractivity contribution in [1.82, 2.24) is 19.6 Å². The van der Waals surface area contributed by atoms with Crippen molar-refractivity contribution in [3.63, 3.8) is 0 Å². The second-order valence-electron chi connectivity index (χ2n) is 13.0. The van der Waals surface area contributed by atoms with Gasteiger partial charge in [0.2, 0.25) is 0 Å². The molecule has 1 fully saturated rings. The van der Waals surface area contributed by atoms with Crippen LogP contribution in [-0.2, 0) is 27.2 Å². The number of ether oxygens (including phenoxy) is 3. The van der Waals surface area contributed by atoms with Crippen molar-refractivity contribution in [1.29, 1.82) is 0 Å². The molecule has 5 N–H and O–H groups in total. The largest absolute Gasteiger partial charge is 0.490 e.